The first kappa shape index (κ1) is 23.5. The van der Waals surface area contributed by atoms with Crippen LogP contribution in [0.5, 0.6) is 0 Å². The van der Waals surface area contributed by atoms with Gasteiger partial charge in [0.1, 0.15) is 0 Å². The van der Waals surface area contributed by atoms with Gasteiger partial charge in [-0.15, -0.1) is 0 Å². The smallest absolute Gasteiger partial charge is 0.251 e. The van der Waals surface area contributed by atoms with Crippen LogP contribution in [0.3, 0.4) is 0 Å². The van der Waals surface area contributed by atoms with Crippen molar-refractivity contribution in [1.29, 1.82) is 0 Å². The predicted octanol–water partition coefficient (Wildman–Crippen LogP) is 4.75. The Balaban J connectivity index is 1.66. The zero-order chi connectivity index (χ0) is 23.1. The molecule has 6 heteroatoms. The van der Waals surface area contributed by atoms with Crippen LogP contribution in [-0.4, -0.2) is 27.1 Å². The van der Waals surface area contributed by atoms with Crippen molar-refractivity contribution in [3.8, 4) is 0 Å². The molecule has 0 unspecified atom stereocenters. The lowest BCUT2D eigenvalue weighted by Crippen LogP contribution is -2.29. The quantitative estimate of drug-likeness (QED) is 0.512. The number of carbonyl (C=O) groups excluding carboxylic acids is 1. The van der Waals surface area contributed by atoms with Gasteiger partial charge >= 0.3 is 0 Å². The van der Waals surface area contributed by atoms with Crippen LogP contribution >= 0.6 is 0 Å². The second-order valence-corrected chi connectivity index (χ2v) is 9.92. The number of rotatable bonds is 9. The standard InChI is InChI=1S/C26H30N2O3S/c1-4-21-12-16-25(17-13-21)28(32(3,30)31)19-22-10-14-24(15-11-22)26(29)27-18-20(2)23-8-6-5-7-9-23/h5-17,20H,4,18-19H2,1-3H3,(H,27,29)/t20-/m0/s1. The fourth-order valence-corrected chi connectivity index (χ4v) is 4.36. The van der Waals surface area contributed by atoms with E-state index in [1.54, 1.807) is 24.3 Å². The van der Waals surface area contributed by atoms with Gasteiger partial charge in [-0.3, -0.25) is 9.10 Å². The summed E-state index contributed by atoms with van der Waals surface area (Å²) in [5, 5.41) is 2.97. The minimum Gasteiger partial charge on any atom is -0.351 e. The van der Waals surface area contributed by atoms with Gasteiger partial charge in [0.2, 0.25) is 10.0 Å². The first-order valence-electron chi connectivity index (χ1n) is 10.8. The van der Waals surface area contributed by atoms with Crippen molar-refractivity contribution in [2.75, 3.05) is 17.1 Å². The van der Waals surface area contributed by atoms with Crippen LogP contribution in [0.25, 0.3) is 0 Å². The summed E-state index contributed by atoms with van der Waals surface area (Å²) in [6.45, 7) is 4.88. The Bertz CT molecular complexity index is 1130. The average Bonchev–Trinajstić information content (AvgIpc) is 2.81. The summed E-state index contributed by atoms with van der Waals surface area (Å²) in [6.07, 6.45) is 2.10. The molecule has 1 N–H and O–H groups in total. The van der Waals surface area contributed by atoms with E-state index in [-0.39, 0.29) is 18.4 Å². The number of sulfonamides is 1. The van der Waals surface area contributed by atoms with E-state index in [1.165, 1.54) is 16.1 Å². The summed E-state index contributed by atoms with van der Waals surface area (Å²) in [7, 11) is -3.45. The SMILES string of the molecule is CCc1ccc(N(Cc2ccc(C(=O)NC[C@H](C)c3ccccc3)cc2)S(C)(=O)=O)cc1. The van der Waals surface area contributed by atoms with Gasteiger partial charge in [0, 0.05) is 12.1 Å². The summed E-state index contributed by atoms with van der Waals surface area (Å²) in [6, 6.07) is 24.7. The van der Waals surface area contributed by atoms with Crippen LogP contribution in [0.15, 0.2) is 78.9 Å². The number of anilines is 1. The van der Waals surface area contributed by atoms with Crippen LogP contribution in [-0.2, 0) is 23.0 Å². The van der Waals surface area contributed by atoms with Crippen molar-refractivity contribution < 1.29 is 13.2 Å². The van der Waals surface area contributed by atoms with Crippen LogP contribution in [0, 0.1) is 0 Å². The zero-order valence-electron chi connectivity index (χ0n) is 18.8. The van der Waals surface area contributed by atoms with E-state index in [4.69, 9.17) is 0 Å². The first-order chi connectivity index (χ1) is 15.3. The van der Waals surface area contributed by atoms with E-state index >= 15 is 0 Å². The maximum absolute atomic E-state index is 12.5. The van der Waals surface area contributed by atoms with Crippen molar-refractivity contribution in [1.82, 2.24) is 5.32 Å². The van der Waals surface area contributed by atoms with Crippen LogP contribution in [0.1, 0.15) is 46.8 Å². The fraction of sp³-hybridized carbons (Fsp3) is 0.269. The number of aryl methyl sites for hydroxylation is 1. The Morgan fingerprint density at radius 3 is 2.06 bits per heavy atom. The van der Waals surface area contributed by atoms with Crippen molar-refractivity contribution in [3.05, 3.63) is 101 Å². The van der Waals surface area contributed by atoms with E-state index in [0.717, 1.165) is 17.5 Å². The van der Waals surface area contributed by atoms with E-state index in [2.05, 4.69) is 31.3 Å². The number of amides is 1. The van der Waals surface area contributed by atoms with E-state index in [1.807, 2.05) is 42.5 Å². The number of carbonyl (C=O) groups is 1. The van der Waals surface area contributed by atoms with Gasteiger partial charge in [-0.2, -0.15) is 0 Å². The molecule has 0 bridgehead atoms. The highest BCUT2D eigenvalue weighted by Crippen LogP contribution is 2.22. The van der Waals surface area contributed by atoms with Gasteiger partial charge in [-0.25, -0.2) is 8.42 Å². The normalized spacial score (nSPS) is 12.2. The highest BCUT2D eigenvalue weighted by Gasteiger charge is 2.18. The molecule has 0 aliphatic heterocycles. The Labute approximate surface area is 191 Å². The summed E-state index contributed by atoms with van der Waals surface area (Å²) >= 11 is 0. The number of hydrogen-bond acceptors (Lipinski definition) is 3. The number of benzene rings is 3. The molecule has 3 aromatic rings. The second kappa shape index (κ2) is 10.5. The molecule has 1 atom stereocenters. The van der Waals surface area contributed by atoms with Crippen LogP contribution < -0.4 is 9.62 Å². The Morgan fingerprint density at radius 1 is 0.906 bits per heavy atom. The third-order valence-corrected chi connectivity index (χ3v) is 6.65. The van der Waals surface area contributed by atoms with Crippen molar-refractivity contribution in [2.24, 2.45) is 0 Å². The molecular weight excluding hydrogens is 420 g/mol. The lowest BCUT2D eigenvalue weighted by molar-refractivity contribution is 0.0951. The topological polar surface area (TPSA) is 66.5 Å². The molecule has 3 rings (SSSR count). The summed E-state index contributed by atoms with van der Waals surface area (Å²) in [5.41, 5.74) is 4.31. The number of hydrogen-bond donors (Lipinski definition) is 1. The third kappa shape index (κ3) is 6.20. The molecule has 0 aromatic heterocycles. The maximum atomic E-state index is 12.5. The Kier molecular flexibility index (Phi) is 7.70. The van der Waals surface area contributed by atoms with Gasteiger partial charge in [-0.1, -0.05) is 68.4 Å². The van der Waals surface area contributed by atoms with E-state index in [0.29, 0.717) is 17.8 Å². The fourth-order valence-electron chi connectivity index (χ4n) is 3.47. The minimum absolute atomic E-state index is 0.144. The largest absolute Gasteiger partial charge is 0.351 e. The monoisotopic (exact) mass is 450 g/mol. The molecule has 0 aliphatic rings. The van der Waals surface area contributed by atoms with E-state index in [9.17, 15) is 13.2 Å². The average molecular weight is 451 g/mol. The lowest BCUT2D eigenvalue weighted by Gasteiger charge is -2.23. The molecule has 5 nitrogen and oxygen atoms in total. The van der Waals surface area contributed by atoms with Crippen molar-refractivity contribution in [3.63, 3.8) is 0 Å². The maximum Gasteiger partial charge on any atom is 0.251 e. The van der Waals surface area contributed by atoms with Gasteiger partial charge in [0.05, 0.1) is 18.5 Å². The summed E-state index contributed by atoms with van der Waals surface area (Å²) < 4.78 is 26.2. The molecular formula is C26H30N2O3S. The minimum atomic E-state index is -3.45. The lowest BCUT2D eigenvalue weighted by atomic mass is 10.0. The number of nitrogens with zero attached hydrogens (tertiary/aromatic N) is 1. The zero-order valence-corrected chi connectivity index (χ0v) is 19.6. The second-order valence-electron chi connectivity index (χ2n) is 8.01. The summed E-state index contributed by atoms with van der Waals surface area (Å²) in [5.74, 6) is 0.0660. The van der Waals surface area contributed by atoms with Gasteiger partial charge in [0.25, 0.3) is 5.91 Å². The predicted molar refractivity (Wildman–Crippen MR) is 130 cm³/mol. The molecule has 168 valence electrons. The molecule has 0 heterocycles. The molecule has 3 aromatic carbocycles. The van der Waals surface area contributed by atoms with Crippen molar-refractivity contribution in [2.45, 2.75) is 32.7 Å². The van der Waals surface area contributed by atoms with E-state index < -0.39 is 10.0 Å². The molecule has 0 radical (unpaired) electrons. The molecule has 0 saturated heterocycles. The van der Waals surface area contributed by atoms with Gasteiger partial charge < -0.3 is 5.32 Å². The molecule has 0 fully saturated rings. The highest BCUT2D eigenvalue weighted by molar-refractivity contribution is 7.92. The van der Waals surface area contributed by atoms with Crippen molar-refractivity contribution >= 4 is 21.6 Å². The van der Waals surface area contributed by atoms with Crippen LogP contribution in [0.2, 0.25) is 0 Å². The molecule has 32 heavy (non-hydrogen) atoms. The highest BCUT2D eigenvalue weighted by atomic mass is 32.2. The summed E-state index contributed by atoms with van der Waals surface area (Å²) in [4.78, 5) is 12.5. The van der Waals surface area contributed by atoms with Gasteiger partial charge in [-0.05, 0) is 53.3 Å². The Hall–Kier alpha value is -3.12. The molecule has 0 saturated carbocycles. The molecule has 1 amide bonds. The van der Waals surface area contributed by atoms with Crippen LogP contribution in [0.4, 0.5) is 5.69 Å². The first-order valence-corrected chi connectivity index (χ1v) is 12.6. The number of nitrogens with one attached hydrogen (secondary N) is 1. The van der Waals surface area contributed by atoms with Gasteiger partial charge in [0.15, 0.2) is 0 Å². The molecule has 0 aliphatic carbocycles. The third-order valence-electron chi connectivity index (χ3n) is 5.51. The Morgan fingerprint density at radius 2 is 1.50 bits per heavy atom. The molecule has 0 spiro atoms.